The second-order valence-electron chi connectivity index (χ2n) is 5.14. The first-order chi connectivity index (χ1) is 10.1. The lowest BCUT2D eigenvalue weighted by molar-refractivity contribution is -0.123. The molecule has 3 rings (SSSR count). The predicted octanol–water partition coefficient (Wildman–Crippen LogP) is 2.34. The van der Waals surface area contributed by atoms with E-state index >= 15 is 0 Å². The first-order valence-electron chi connectivity index (χ1n) is 6.86. The summed E-state index contributed by atoms with van der Waals surface area (Å²) >= 11 is 12.1. The Bertz CT molecular complexity index is 550. The summed E-state index contributed by atoms with van der Waals surface area (Å²) < 4.78 is 10.9. The van der Waals surface area contributed by atoms with Crippen molar-refractivity contribution in [3.05, 3.63) is 27.7 Å². The Hall–Kier alpha value is -0.720. The van der Waals surface area contributed by atoms with Crippen molar-refractivity contribution >= 4 is 41.5 Å². The Morgan fingerprint density at radius 2 is 2.18 bits per heavy atom. The number of benzene rings is 1. The number of fused-ring (bicyclic) bond motifs is 1. The Kier molecular flexibility index (Phi) is 6.17. The van der Waals surface area contributed by atoms with Gasteiger partial charge >= 0.3 is 0 Å². The minimum Gasteiger partial charge on any atom is -0.489 e. The molecule has 1 fully saturated rings. The van der Waals surface area contributed by atoms with Gasteiger partial charge in [-0.15, -0.1) is 12.4 Å². The van der Waals surface area contributed by atoms with Crippen molar-refractivity contribution in [3.8, 4) is 5.75 Å². The molecule has 2 atom stereocenters. The van der Waals surface area contributed by atoms with E-state index in [1.807, 2.05) is 6.07 Å². The summed E-state index contributed by atoms with van der Waals surface area (Å²) in [5.41, 5.74) is 0.866. The van der Waals surface area contributed by atoms with Crippen LogP contribution in [0.5, 0.6) is 5.75 Å². The first kappa shape index (κ1) is 17.6. The van der Waals surface area contributed by atoms with Crippen LogP contribution in [0, 0.1) is 0 Å². The third kappa shape index (κ3) is 3.78. The average molecular weight is 368 g/mol. The molecule has 0 bridgehead atoms. The van der Waals surface area contributed by atoms with Crippen LogP contribution in [0.15, 0.2) is 12.1 Å². The minimum atomic E-state index is -0.188. The number of ether oxygens (including phenoxy) is 2. The molecule has 22 heavy (non-hydrogen) atoms. The van der Waals surface area contributed by atoms with Gasteiger partial charge in [0.2, 0.25) is 5.91 Å². The smallest absolute Gasteiger partial charge is 0.222 e. The molecule has 0 radical (unpaired) electrons. The van der Waals surface area contributed by atoms with Gasteiger partial charge in [-0.05, 0) is 6.07 Å². The van der Waals surface area contributed by atoms with Gasteiger partial charge < -0.3 is 20.1 Å². The fourth-order valence-electron chi connectivity index (χ4n) is 2.57. The normalized spacial score (nSPS) is 23.2. The number of rotatable bonds is 3. The van der Waals surface area contributed by atoms with Crippen LogP contribution in [0.2, 0.25) is 10.0 Å². The van der Waals surface area contributed by atoms with Crippen molar-refractivity contribution < 1.29 is 14.3 Å². The van der Waals surface area contributed by atoms with E-state index in [1.165, 1.54) is 0 Å². The van der Waals surface area contributed by atoms with Gasteiger partial charge in [0.25, 0.3) is 0 Å². The van der Waals surface area contributed by atoms with Gasteiger partial charge in [0.1, 0.15) is 17.4 Å². The zero-order valence-electron chi connectivity index (χ0n) is 11.7. The number of carbonyl (C=O) groups is 1. The van der Waals surface area contributed by atoms with Gasteiger partial charge in [0, 0.05) is 24.6 Å². The minimum absolute atomic E-state index is 0. The molecule has 1 aromatic rings. The third-order valence-corrected chi connectivity index (χ3v) is 4.40. The molecule has 2 unspecified atom stereocenters. The maximum absolute atomic E-state index is 12.1. The molecule has 0 saturated carbocycles. The Labute approximate surface area is 145 Å². The van der Waals surface area contributed by atoms with E-state index in [0.29, 0.717) is 42.0 Å². The summed E-state index contributed by atoms with van der Waals surface area (Å²) in [6.07, 6.45) is 0.382. The summed E-state index contributed by atoms with van der Waals surface area (Å²) in [6.45, 7) is 2.41. The van der Waals surface area contributed by atoms with Gasteiger partial charge in [-0.25, -0.2) is 0 Å². The molecule has 2 aliphatic heterocycles. The first-order valence-corrected chi connectivity index (χ1v) is 7.62. The third-order valence-electron chi connectivity index (χ3n) is 3.62. The molecule has 2 aliphatic rings. The maximum atomic E-state index is 12.1. The van der Waals surface area contributed by atoms with Gasteiger partial charge in [-0.2, -0.15) is 0 Å². The molecule has 1 aromatic carbocycles. The van der Waals surface area contributed by atoms with Crippen LogP contribution in [-0.4, -0.2) is 38.3 Å². The molecular formula is C14H17Cl3N2O3. The van der Waals surface area contributed by atoms with Gasteiger partial charge in [-0.1, -0.05) is 29.3 Å². The predicted molar refractivity (Wildman–Crippen MR) is 87.3 cm³/mol. The van der Waals surface area contributed by atoms with Gasteiger partial charge in [0.05, 0.1) is 24.3 Å². The summed E-state index contributed by atoms with van der Waals surface area (Å²) in [5, 5.41) is 7.07. The van der Waals surface area contributed by atoms with Crippen molar-refractivity contribution in [1.29, 1.82) is 0 Å². The lowest BCUT2D eigenvalue weighted by atomic mass is 10.1. The van der Waals surface area contributed by atoms with Crippen LogP contribution in [0.25, 0.3) is 0 Å². The molecule has 0 aliphatic carbocycles. The molecule has 8 heteroatoms. The summed E-state index contributed by atoms with van der Waals surface area (Å²) in [4.78, 5) is 12.1. The van der Waals surface area contributed by atoms with Crippen LogP contribution >= 0.6 is 35.6 Å². The standard InChI is InChI=1S/C14H16Cl2N2O3.ClH/c15-10-2-1-9-11(7-21-14(9)13(10)16)18-12(19)5-8-6-20-4-3-17-8;/h1-2,8,11,17H,3-7H2,(H,18,19);1H. The van der Waals surface area contributed by atoms with Gasteiger partial charge in [-0.3, -0.25) is 4.79 Å². The highest BCUT2D eigenvalue weighted by Gasteiger charge is 2.29. The monoisotopic (exact) mass is 366 g/mol. The Morgan fingerprint density at radius 1 is 1.36 bits per heavy atom. The molecule has 122 valence electrons. The summed E-state index contributed by atoms with van der Waals surface area (Å²) in [7, 11) is 0. The van der Waals surface area contributed by atoms with E-state index < -0.39 is 0 Å². The number of carbonyl (C=O) groups excluding carboxylic acids is 1. The lowest BCUT2D eigenvalue weighted by Crippen LogP contribution is -2.44. The van der Waals surface area contributed by atoms with Crippen molar-refractivity contribution in [2.45, 2.75) is 18.5 Å². The number of morpholine rings is 1. The second kappa shape index (κ2) is 7.70. The molecule has 1 amide bonds. The van der Waals surface area contributed by atoms with E-state index in [0.717, 1.165) is 12.1 Å². The highest BCUT2D eigenvalue weighted by atomic mass is 35.5. The summed E-state index contributed by atoms with van der Waals surface area (Å²) in [6, 6.07) is 3.43. The number of halogens is 3. The fraction of sp³-hybridized carbons (Fsp3) is 0.500. The van der Waals surface area contributed by atoms with Crippen molar-refractivity contribution in [1.82, 2.24) is 10.6 Å². The molecule has 0 spiro atoms. The Morgan fingerprint density at radius 3 is 2.91 bits per heavy atom. The number of hydrogen-bond acceptors (Lipinski definition) is 4. The van der Waals surface area contributed by atoms with Crippen LogP contribution < -0.4 is 15.4 Å². The average Bonchev–Trinajstić information content (AvgIpc) is 2.87. The topological polar surface area (TPSA) is 59.6 Å². The molecule has 5 nitrogen and oxygen atoms in total. The SMILES string of the molecule is Cl.O=C(CC1COCCN1)NC1COc2c1ccc(Cl)c2Cl. The van der Waals surface area contributed by atoms with Crippen LogP contribution in [0.3, 0.4) is 0 Å². The molecule has 1 saturated heterocycles. The zero-order chi connectivity index (χ0) is 14.8. The van der Waals surface area contributed by atoms with E-state index in [9.17, 15) is 4.79 Å². The van der Waals surface area contributed by atoms with Crippen molar-refractivity contribution in [2.75, 3.05) is 26.4 Å². The highest BCUT2D eigenvalue weighted by Crippen LogP contribution is 2.42. The van der Waals surface area contributed by atoms with Crippen LogP contribution in [0.4, 0.5) is 0 Å². The van der Waals surface area contributed by atoms with E-state index in [-0.39, 0.29) is 30.4 Å². The number of nitrogens with one attached hydrogen (secondary N) is 2. The van der Waals surface area contributed by atoms with Gasteiger partial charge in [0.15, 0.2) is 0 Å². The van der Waals surface area contributed by atoms with Crippen molar-refractivity contribution in [2.24, 2.45) is 0 Å². The van der Waals surface area contributed by atoms with Crippen molar-refractivity contribution in [3.63, 3.8) is 0 Å². The lowest BCUT2D eigenvalue weighted by Gasteiger charge is -2.23. The largest absolute Gasteiger partial charge is 0.489 e. The van der Waals surface area contributed by atoms with E-state index in [2.05, 4.69) is 10.6 Å². The quantitative estimate of drug-likeness (QED) is 0.861. The number of hydrogen-bond donors (Lipinski definition) is 2. The zero-order valence-corrected chi connectivity index (χ0v) is 14.1. The maximum Gasteiger partial charge on any atom is 0.222 e. The molecular weight excluding hydrogens is 351 g/mol. The molecule has 2 heterocycles. The summed E-state index contributed by atoms with van der Waals surface area (Å²) in [5.74, 6) is 0.527. The molecule has 2 N–H and O–H groups in total. The van der Waals surface area contributed by atoms with Crippen LogP contribution in [-0.2, 0) is 9.53 Å². The highest BCUT2D eigenvalue weighted by molar-refractivity contribution is 6.43. The van der Waals surface area contributed by atoms with E-state index in [1.54, 1.807) is 6.07 Å². The van der Waals surface area contributed by atoms with Crippen LogP contribution in [0.1, 0.15) is 18.0 Å². The number of amides is 1. The van der Waals surface area contributed by atoms with E-state index in [4.69, 9.17) is 32.7 Å². The fourth-order valence-corrected chi connectivity index (χ4v) is 2.95. The molecule has 0 aromatic heterocycles. The second-order valence-corrected chi connectivity index (χ2v) is 5.93. The Balaban J connectivity index is 0.00000176.